The topological polar surface area (TPSA) is 55.6 Å². The summed E-state index contributed by atoms with van der Waals surface area (Å²) in [5, 5.41) is 0. The van der Waals surface area contributed by atoms with Crippen LogP contribution in [-0.4, -0.2) is 44.2 Å². The molecule has 0 aliphatic heterocycles. The molecule has 0 saturated carbocycles. The lowest BCUT2D eigenvalue weighted by atomic mass is 10.4. The van der Waals surface area contributed by atoms with Crippen LogP contribution in [0.2, 0.25) is 0 Å². The predicted octanol–water partition coefficient (Wildman–Crippen LogP) is 0.220. The van der Waals surface area contributed by atoms with Gasteiger partial charge in [0.15, 0.2) is 0 Å². The van der Waals surface area contributed by atoms with Crippen LogP contribution >= 0.6 is 0 Å². The Balaban J connectivity index is 3.38. The van der Waals surface area contributed by atoms with E-state index in [2.05, 4.69) is 6.92 Å². The van der Waals surface area contributed by atoms with Crippen molar-refractivity contribution in [2.45, 2.75) is 19.8 Å². The van der Waals surface area contributed by atoms with E-state index in [1.165, 1.54) is 0 Å². The second-order valence-corrected chi connectivity index (χ2v) is 3.10. The maximum absolute atomic E-state index is 11.1. The average Bonchev–Trinajstić information content (AvgIpc) is 2.05. The number of hydrogen-bond donors (Lipinski definition) is 1. The molecule has 0 heterocycles. The van der Waals surface area contributed by atoms with Gasteiger partial charge in [0.2, 0.25) is 0 Å². The Kier molecular flexibility index (Phi) is 7.63. The first kappa shape index (κ1) is 12.4. The van der Waals surface area contributed by atoms with Gasteiger partial charge in [-0.3, -0.25) is 9.69 Å². The Morgan fingerprint density at radius 3 is 2.77 bits per heavy atom. The average molecular weight is 188 g/mol. The van der Waals surface area contributed by atoms with Crippen LogP contribution in [0, 0.1) is 0 Å². The highest BCUT2D eigenvalue weighted by molar-refractivity contribution is 5.71. The summed E-state index contributed by atoms with van der Waals surface area (Å²) in [6, 6.07) is 0. The first-order chi connectivity index (χ1) is 6.20. The molecule has 2 N–H and O–H groups in total. The fraction of sp³-hybridized carbons (Fsp3) is 0.889. The van der Waals surface area contributed by atoms with E-state index in [0.717, 1.165) is 19.4 Å². The highest BCUT2D eigenvalue weighted by Crippen LogP contribution is 1.90. The predicted molar refractivity (Wildman–Crippen MR) is 52.4 cm³/mol. The van der Waals surface area contributed by atoms with Crippen LogP contribution in [0.3, 0.4) is 0 Å². The third-order valence-electron chi connectivity index (χ3n) is 1.67. The summed E-state index contributed by atoms with van der Waals surface area (Å²) in [5.74, 6) is -0.163. The molecular formula is C9H20N2O2. The van der Waals surface area contributed by atoms with Crippen LogP contribution in [0.15, 0.2) is 0 Å². The molecule has 4 nitrogen and oxygen atoms in total. The standard InChI is InChI=1S/C9H20N2O2/c1-3-4-7-13-9(12)8-11(2)6-5-10/h3-8,10H2,1-2H3. The fourth-order valence-electron chi connectivity index (χ4n) is 0.896. The van der Waals surface area contributed by atoms with E-state index in [4.69, 9.17) is 10.5 Å². The van der Waals surface area contributed by atoms with Gasteiger partial charge in [0.1, 0.15) is 0 Å². The number of likely N-dealkylation sites (N-methyl/N-ethyl adjacent to an activating group) is 1. The Bertz CT molecular complexity index is 140. The van der Waals surface area contributed by atoms with Gasteiger partial charge in [0, 0.05) is 13.1 Å². The van der Waals surface area contributed by atoms with Crippen LogP contribution < -0.4 is 5.73 Å². The van der Waals surface area contributed by atoms with Gasteiger partial charge >= 0.3 is 5.97 Å². The van der Waals surface area contributed by atoms with Crippen molar-refractivity contribution >= 4 is 5.97 Å². The molecule has 0 aromatic rings. The van der Waals surface area contributed by atoms with Crippen LogP contribution in [-0.2, 0) is 9.53 Å². The summed E-state index contributed by atoms with van der Waals surface area (Å²) in [7, 11) is 1.86. The maximum Gasteiger partial charge on any atom is 0.320 e. The minimum atomic E-state index is -0.163. The zero-order valence-corrected chi connectivity index (χ0v) is 8.58. The van der Waals surface area contributed by atoms with Crippen molar-refractivity contribution < 1.29 is 9.53 Å². The quantitative estimate of drug-likeness (QED) is 0.458. The monoisotopic (exact) mass is 188 g/mol. The summed E-state index contributed by atoms with van der Waals surface area (Å²) >= 11 is 0. The molecule has 0 fully saturated rings. The number of nitrogens with two attached hydrogens (primary N) is 1. The lowest BCUT2D eigenvalue weighted by molar-refractivity contribution is -0.144. The van der Waals surface area contributed by atoms with Crippen molar-refractivity contribution in [3.63, 3.8) is 0 Å². The zero-order chi connectivity index (χ0) is 10.1. The summed E-state index contributed by atoms with van der Waals surface area (Å²) < 4.78 is 4.98. The van der Waals surface area contributed by atoms with Crippen LogP contribution in [0.4, 0.5) is 0 Å². The summed E-state index contributed by atoms with van der Waals surface area (Å²) in [6.45, 7) is 4.22. The summed E-state index contributed by atoms with van der Waals surface area (Å²) in [5.41, 5.74) is 5.33. The Labute approximate surface area is 80.0 Å². The van der Waals surface area contributed by atoms with Gasteiger partial charge in [-0.15, -0.1) is 0 Å². The normalized spacial score (nSPS) is 10.5. The van der Waals surface area contributed by atoms with E-state index in [1.807, 2.05) is 11.9 Å². The number of nitrogens with zero attached hydrogens (tertiary/aromatic N) is 1. The summed E-state index contributed by atoms with van der Waals surface area (Å²) in [4.78, 5) is 13.0. The van der Waals surface area contributed by atoms with Gasteiger partial charge in [-0.1, -0.05) is 13.3 Å². The first-order valence-corrected chi connectivity index (χ1v) is 4.75. The lowest BCUT2D eigenvalue weighted by Crippen LogP contribution is -2.31. The van der Waals surface area contributed by atoms with Gasteiger partial charge < -0.3 is 10.5 Å². The third-order valence-corrected chi connectivity index (χ3v) is 1.67. The van der Waals surface area contributed by atoms with Crippen LogP contribution in [0.25, 0.3) is 0 Å². The molecule has 4 heteroatoms. The molecule has 0 bridgehead atoms. The highest BCUT2D eigenvalue weighted by atomic mass is 16.5. The number of carbonyl (C=O) groups excluding carboxylic acids is 1. The fourth-order valence-corrected chi connectivity index (χ4v) is 0.896. The molecule has 78 valence electrons. The second kappa shape index (κ2) is 8.01. The number of esters is 1. The Morgan fingerprint density at radius 1 is 1.54 bits per heavy atom. The van der Waals surface area contributed by atoms with Crippen molar-refractivity contribution in [2.24, 2.45) is 5.73 Å². The molecule has 0 aromatic heterocycles. The molecule has 0 amide bonds. The van der Waals surface area contributed by atoms with Crippen molar-refractivity contribution in [3.8, 4) is 0 Å². The second-order valence-electron chi connectivity index (χ2n) is 3.10. The van der Waals surface area contributed by atoms with E-state index >= 15 is 0 Å². The van der Waals surface area contributed by atoms with Crippen molar-refractivity contribution in [2.75, 3.05) is 33.3 Å². The molecule has 0 unspecified atom stereocenters. The van der Waals surface area contributed by atoms with Gasteiger partial charge in [-0.05, 0) is 13.5 Å². The number of unbranched alkanes of at least 4 members (excludes halogenated alkanes) is 1. The maximum atomic E-state index is 11.1. The van der Waals surface area contributed by atoms with Gasteiger partial charge in [-0.2, -0.15) is 0 Å². The van der Waals surface area contributed by atoms with Crippen molar-refractivity contribution in [1.82, 2.24) is 4.90 Å². The molecule has 0 aromatic carbocycles. The van der Waals surface area contributed by atoms with Crippen molar-refractivity contribution in [3.05, 3.63) is 0 Å². The molecule has 0 spiro atoms. The Morgan fingerprint density at radius 2 is 2.23 bits per heavy atom. The molecule has 0 aliphatic rings. The lowest BCUT2D eigenvalue weighted by Gasteiger charge is -2.13. The molecule has 0 rings (SSSR count). The van der Waals surface area contributed by atoms with E-state index in [9.17, 15) is 4.79 Å². The number of hydrogen-bond acceptors (Lipinski definition) is 4. The third kappa shape index (κ3) is 7.74. The van der Waals surface area contributed by atoms with Crippen molar-refractivity contribution in [1.29, 1.82) is 0 Å². The van der Waals surface area contributed by atoms with Crippen LogP contribution in [0.5, 0.6) is 0 Å². The molecule has 0 atom stereocenters. The SMILES string of the molecule is CCCCOC(=O)CN(C)CCN. The first-order valence-electron chi connectivity index (χ1n) is 4.75. The smallest absolute Gasteiger partial charge is 0.320 e. The molecule has 0 saturated heterocycles. The van der Waals surface area contributed by atoms with Gasteiger partial charge in [0.25, 0.3) is 0 Å². The van der Waals surface area contributed by atoms with Crippen LogP contribution in [0.1, 0.15) is 19.8 Å². The zero-order valence-electron chi connectivity index (χ0n) is 8.58. The van der Waals surface area contributed by atoms with E-state index in [1.54, 1.807) is 0 Å². The molecule has 0 aliphatic carbocycles. The number of carbonyl (C=O) groups is 1. The van der Waals surface area contributed by atoms with E-state index in [0.29, 0.717) is 19.7 Å². The van der Waals surface area contributed by atoms with E-state index < -0.39 is 0 Å². The number of ether oxygens (including phenoxy) is 1. The highest BCUT2D eigenvalue weighted by Gasteiger charge is 2.05. The minimum absolute atomic E-state index is 0.163. The molecular weight excluding hydrogens is 168 g/mol. The van der Waals surface area contributed by atoms with Gasteiger partial charge in [-0.25, -0.2) is 0 Å². The number of rotatable bonds is 7. The molecule has 0 radical (unpaired) electrons. The molecule has 13 heavy (non-hydrogen) atoms. The summed E-state index contributed by atoms with van der Waals surface area (Å²) in [6.07, 6.45) is 1.98. The van der Waals surface area contributed by atoms with E-state index in [-0.39, 0.29) is 5.97 Å². The largest absolute Gasteiger partial charge is 0.465 e. The Hall–Kier alpha value is -0.610. The minimum Gasteiger partial charge on any atom is -0.465 e. The van der Waals surface area contributed by atoms with Gasteiger partial charge in [0.05, 0.1) is 13.2 Å².